The minimum atomic E-state index is -3.45. The summed E-state index contributed by atoms with van der Waals surface area (Å²) < 4.78 is 36.7. The van der Waals surface area contributed by atoms with Crippen molar-refractivity contribution in [3.05, 3.63) is 168 Å². The Labute approximate surface area is 301 Å². The first-order chi connectivity index (χ1) is 24.2. The predicted octanol–water partition coefficient (Wildman–Crippen LogP) is 10.3. The van der Waals surface area contributed by atoms with Gasteiger partial charge in [0.2, 0.25) is 0 Å². The summed E-state index contributed by atoms with van der Waals surface area (Å²) in [4.78, 5) is 0. The minimum Gasteiger partial charge on any atom is -0.308 e. The lowest BCUT2D eigenvalue weighted by molar-refractivity contribution is 0.592. The third kappa shape index (κ3) is 5.21. The molecule has 246 valence electrons. The Balaban J connectivity index is 1.62. The quantitative estimate of drug-likeness (QED) is 0.154. The molecule has 0 radical (unpaired) electrons. The minimum absolute atomic E-state index is 0.788. The van der Waals surface area contributed by atoms with E-state index in [0.29, 0.717) is 0 Å². The molecule has 6 heteroatoms. The van der Waals surface area contributed by atoms with Crippen LogP contribution in [-0.2, 0) is 9.13 Å². The second-order valence-electron chi connectivity index (χ2n) is 13.0. The fourth-order valence-electron chi connectivity index (χ4n) is 7.41. The van der Waals surface area contributed by atoms with Crippen molar-refractivity contribution < 1.29 is 9.13 Å². The molecule has 0 spiro atoms. The molecule has 0 fully saturated rings. The van der Waals surface area contributed by atoms with E-state index in [4.69, 9.17) is 0 Å². The average molecular weight is 723 g/mol. The van der Waals surface area contributed by atoms with E-state index in [2.05, 4.69) is 52.0 Å². The van der Waals surface area contributed by atoms with Crippen LogP contribution in [0.2, 0.25) is 0 Å². The zero-order chi connectivity index (χ0) is 34.6. The van der Waals surface area contributed by atoms with Crippen molar-refractivity contribution in [2.45, 2.75) is 27.7 Å². The highest BCUT2D eigenvalue weighted by Crippen LogP contribution is 2.56. The first-order valence-electron chi connectivity index (χ1n) is 16.7. The molecule has 0 bridgehead atoms. The largest absolute Gasteiger partial charge is 0.308 e. The van der Waals surface area contributed by atoms with Gasteiger partial charge in [-0.2, -0.15) is 0 Å². The van der Waals surface area contributed by atoms with Gasteiger partial charge in [0.1, 0.15) is 0 Å². The molecule has 6 aromatic carbocycles. The van der Waals surface area contributed by atoms with Crippen molar-refractivity contribution in [2.75, 3.05) is 0 Å². The Hall–Kier alpha value is -4.30. The molecule has 2 heterocycles. The van der Waals surface area contributed by atoms with Crippen LogP contribution in [-0.4, -0.2) is 0 Å². The summed E-state index contributed by atoms with van der Waals surface area (Å²) in [5.41, 5.74) is 6.44. The summed E-state index contributed by atoms with van der Waals surface area (Å²) in [6, 6.07) is 48.6. The molecule has 50 heavy (non-hydrogen) atoms. The average Bonchev–Trinajstić information content (AvgIpc) is 3.72. The van der Waals surface area contributed by atoms with Gasteiger partial charge in [-0.25, -0.2) is 0 Å². The fraction of sp³-hybridized carbons (Fsp3) is 0.0909. The highest BCUT2D eigenvalue weighted by molar-refractivity contribution is 7.90. The zero-order valence-corrected chi connectivity index (χ0v) is 31.8. The highest BCUT2D eigenvalue weighted by atomic mass is 32.1. The summed E-state index contributed by atoms with van der Waals surface area (Å²) in [7, 11) is -6.90. The Morgan fingerprint density at radius 1 is 0.400 bits per heavy atom. The van der Waals surface area contributed by atoms with Gasteiger partial charge in [0.15, 0.2) is 14.3 Å². The maximum absolute atomic E-state index is 16.4. The summed E-state index contributed by atoms with van der Waals surface area (Å²) in [6.45, 7) is 8.56. The molecule has 0 aliphatic heterocycles. The summed E-state index contributed by atoms with van der Waals surface area (Å²) >= 11 is 3.25. The number of aryl methyl sites for hydroxylation is 4. The van der Waals surface area contributed by atoms with E-state index in [1.54, 1.807) is 22.7 Å². The van der Waals surface area contributed by atoms with Crippen molar-refractivity contribution >= 4 is 87.6 Å². The van der Waals surface area contributed by atoms with Gasteiger partial charge in [0.05, 0.1) is 9.24 Å². The fourth-order valence-corrected chi connectivity index (χ4v) is 17.5. The van der Waals surface area contributed by atoms with Crippen molar-refractivity contribution in [1.82, 2.24) is 0 Å². The highest BCUT2D eigenvalue weighted by Gasteiger charge is 2.41. The Morgan fingerprint density at radius 2 is 0.680 bits per heavy atom. The van der Waals surface area contributed by atoms with Crippen molar-refractivity contribution in [1.29, 1.82) is 0 Å². The Morgan fingerprint density at radius 3 is 0.960 bits per heavy atom. The third-order valence-electron chi connectivity index (χ3n) is 9.53. The van der Waals surface area contributed by atoms with Crippen LogP contribution in [0.15, 0.2) is 146 Å². The monoisotopic (exact) mass is 722 g/mol. The van der Waals surface area contributed by atoms with Gasteiger partial charge in [-0.3, -0.25) is 0 Å². The standard InChI is InChI=1S/C44H36O2P2S2/c1-29-25-31(3)39-37(27-29)49-43(47(45,33-17-9-5-10-18-33)34-19-11-6-12-20-34)41(39)42-40-32(4)26-30(2)28-38(40)50-44(42)48(46,35-21-13-7-14-22-35)36-23-15-8-16-24-36/h5-28H,1-4H3. The Kier molecular flexibility index (Phi) is 8.41. The number of benzene rings is 6. The van der Waals surface area contributed by atoms with E-state index < -0.39 is 14.3 Å². The summed E-state index contributed by atoms with van der Waals surface area (Å²) in [6.07, 6.45) is 0. The topological polar surface area (TPSA) is 34.1 Å². The van der Waals surface area contributed by atoms with Gasteiger partial charge in [0, 0.05) is 52.5 Å². The van der Waals surface area contributed by atoms with Crippen molar-refractivity contribution in [3.8, 4) is 11.1 Å². The summed E-state index contributed by atoms with van der Waals surface area (Å²) in [5.74, 6) is 0. The van der Waals surface area contributed by atoms with Gasteiger partial charge >= 0.3 is 0 Å². The van der Waals surface area contributed by atoms with Crippen LogP contribution >= 0.6 is 37.0 Å². The van der Waals surface area contributed by atoms with E-state index in [-0.39, 0.29) is 0 Å². The van der Waals surface area contributed by atoms with Gasteiger partial charge in [-0.1, -0.05) is 133 Å². The Bertz CT molecular complexity index is 2350. The van der Waals surface area contributed by atoms with E-state index >= 15 is 9.13 Å². The second-order valence-corrected chi connectivity index (χ2v) is 21.1. The number of fused-ring (bicyclic) bond motifs is 2. The molecular weight excluding hydrogens is 687 g/mol. The lowest BCUT2D eigenvalue weighted by atomic mass is 9.97. The zero-order valence-electron chi connectivity index (χ0n) is 28.4. The van der Waals surface area contributed by atoms with Crippen LogP contribution in [0.25, 0.3) is 31.3 Å². The molecule has 0 saturated carbocycles. The number of hydrogen-bond donors (Lipinski definition) is 0. The maximum atomic E-state index is 16.4. The van der Waals surface area contributed by atoms with Gasteiger partial charge in [0.25, 0.3) is 0 Å². The van der Waals surface area contributed by atoms with Gasteiger partial charge < -0.3 is 9.13 Å². The molecule has 2 nitrogen and oxygen atoms in total. The number of thiophene rings is 2. The maximum Gasteiger partial charge on any atom is 0.181 e. The molecule has 0 atom stereocenters. The third-order valence-corrected chi connectivity index (χ3v) is 19.2. The van der Waals surface area contributed by atoms with Gasteiger partial charge in [-0.15, -0.1) is 22.7 Å². The van der Waals surface area contributed by atoms with E-state index in [0.717, 1.165) is 84.0 Å². The molecule has 0 unspecified atom stereocenters. The molecule has 8 aromatic rings. The van der Waals surface area contributed by atoms with Crippen LogP contribution in [0.4, 0.5) is 0 Å². The lowest BCUT2D eigenvalue weighted by Gasteiger charge is -2.23. The molecule has 0 aliphatic rings. The van der Waals surface area contributed by atoms with Crippen molar-refractivity contribution in [2.24, 2.45) is 0 Å². The molecule has 2 aromatic heterocycles. The first kappa shape index (κ1) is 32.9. The molecule has 0 amide bonds. The SMILES string of the molecule is Cc1cc(C)c2c(-c3c(P(=O)(c4ccccc4)c4ccccc4)sc4cc(C)cc(C)c34)c(P(=O)(c3ccccc3)c3ccccc3)sc2c1. The smallest absolute Gasteiger partial charge is 0.181 e. The van der Waals surface area contributed by atoms with Crippen LogP contribution in [0.3, 0.4) is 0 Å². The summed E-state index contributed by atoms with van der Waals surface area (Å²) in [5, 5.41) is 5.31. The number of rotatable bonds is 7. The van der Waals surface area contributed by atoms with E-state index in [9.17, 15) is 0 Å². The van der Waals surface area contributed by atoms with Crippen molar-refractivity contribution in [3.63, 3.8) is 0 Å². The molecular formula is C44H36O2P2S2. The van der Waals surface area contributed by atoms with Crippen LogP contribution < -0.4 is 30.5 Å². The van der Waals surface area contributed by atoms with Crippen LogP contribution in [0.1, 0.15) is 22.3 Å². The molecule has 0 aliphatic carbocycles. The second kappa shape index (κ2) is 12.8. The van der Waals surface area contributed by atoms with E-state index in [1.807, 2.05) is 121 Å². The normalized spacial score (nSPS) is 12.2. The lowest BCUT2D eigenvalue weighted by Crippen LogP contribution is -2.27. The van der Waals surface area contributed by atoms with E-state index in [1.165, 1.54) is 0 Å². The predicted molar refractivity (Wildman–Crippen MR) is 220 cm³/mol. The van der Waals surface area contributed by atoms with Gasteiger partial charge in [-0.05, 0) is 62.1 Å². The van der Waals surface area contributed by atoms with Crippen LogP contribution in [0.5, 0.6) is 0 Å². The molecule has 0 saturated heterocycles. The first-order valence-corrected chi connectivity index (χ1v) is 21.8. The number of hydrogen-bond acceptors (Lipinski definition) is 4. The van der Waals surface area contributed by atoms with Crippen LogP contribution in [0, 0.1) is 27.7 Å². The molecule has 0 N–H and O–H groups in total. The molecule has 8 rings (SSSR count).